The zero-order valence-electron chi connectivity index (χ0n) is 52.0. The number of furan rings is 1. The predicted molar refractivity (Wildman–Crippen MR) is 405 cm³/mol. The van der Waals surface area contributed by atoms with Crippen molar-refractivity contribution in [3.63, 3.8) is 0 Å². The van der Waals surface area contributed by atoms with Crippen LogP contribution in [-0.2, 0) is 0 Å². The first-order chi connectivity index (χ1) is 46.6. The van der Waals surface area contributed by atoms with Gasteiger partial charge in [-0.1, -0.05) is 309 Å². The summed E-state index contributed by atoms with van der Waals surface area (Å²) in [4.78, 5) is 0. The SMILES string of the molecule is C=CC.c1cc(-c2ccc3ccccc3c2)cc(-c2c3ccccc3c(-c3cccc4c3oc3ccccc34)c3ccccc23)c1.c1ccc(-c2ccccc2-c2c3ccccc3c(-c3cccc(-c4cc5ccc6cccc7ccc(c4)c5c67)c3)c3ccccc23)cc1. The minimum atomic E-state index is 0.917. The van der Waals surface area contributed by atoms with E-state index in [1.165, 1.54) is 159 Å². The molecule has 0 aliphatic carbocycles. The molecule has 0 aliphatic heterocycles. The Labute approximate surface area is 546 Å². The zero-order chi connectivity index (χ0) is 62.6. The standard InChI is InChI=1S/C48H30.C42H26O.C3H6/c1-2-12-31(13-3-1)39-18-4-5-19-40(39)48-43-22-8-6-20-41(43)47(42-21-7-9-23-44(42)48)35-17-11-16-34(28-35)38-29-36-26-24-32-14-10-15-33-25-27-37(30-38)46(36)45(32)33;1-2-12-28-25-30(24-23-27(28)11-1)29-13-9-14-31(26-29)40-33-16-3-5-18-35(33)41(36-19-6-4-17-34(36)40)38-21-10-20-37-32-15-7-8-22-39(32)43-42(37)38;1-3-2/h1-30H;1-26H;3H,1H2,2H3. The summed E-state index contributed by atoms with van der Waals surface area (Å²) in [5, 5.41) is 22.7. The van der Waals surface area contributed by atoms with Crippen LogP contribution in [0.15, 0.2) is 357 Å². The fourth-order valence-electron chi connectivity index (χ4n) is 15.0. The Morgan fingerprint density at radius 2 is 0.564 bits per heavy atom. The topological polar surface area (TPSA) is 13.1 Å². The predicted octanol–water partition coefficient (Wildman–Crippen LogP) is 26.8. The molecule has 94 heavy (non-hydrogen) atoms. The van der Waals surface area contributed by atoms with Gasteiger partial charge in [0.1, 0.15) is 11.2 Å². The molecule has 0 aliphatic rings. The minimum absolute atomic E-state index is 0.917. The monoisotopic (exact) mass is 1190 g/mol. The lowest BCUT2D eigenvalue weighted by molar-refractivity contribution is 0.670. The number of hydrogen-bond acceptors (Lipinski definition) is 1. The first-order valence-electron chi connectivity index (χ1n) is 32.4. The van der Waals surface area contributed by atoms with Crippen LogP contribution in [0.2, 0.25) is 0 Å². The van der Waals surface area contributed by atoms with Crippen molar-refractivity contribution in [3.8, 4) is 77.9 Å². The van der Waals surface area contributed by atoms with E-state index in [4.69, 9.17) is 4.42 Å². The van der Waals surface area contributed by atoms with E-state index in [9.17, 15) is 0 Å². The van der Waals surface area contributed by atoms with Crippen LogP contribution in [0.1, 0.15) is 6.92 Å². The summed E-state index contributed by atoms with van der Waals surface area (Å²) in [6.45, 7) is 5.25. The van der Waals surface area contributed by atoms with E-state index in [0.29, 0.717) is 0 Å². The Morgan fingerprint density at radius 1 is 0.223 bits per heavy atom. The summed E-state index contributed by atoms with van der Waals surface area (Å²) in [6.07, 6.45) is 1.75. The first kappa shape index (κ1) is 55.9. The van der Waals surface area contributed by atoms with Crippen molar-refractivity contribution in [2.24, 2.45) is 0 Å². The van der Waals surface area contributed by atoms with Crippen LogP contribution >= 0.6 is 0 Å². The Bertz CT molecular complexity index is 5960. The van der Waals surface area contributed by atoms with Crippen molar-refractivity contribution in [1.29, 1.82) is 0 Å². The molecule has 0 radical (unpaired) electrons. The highest BCUT2D eigenvalue weighted by atomic mass is 16.3. The van der Waals surface area contributed by atoms with Gasteiger partial charge in [0, 0.05) is 21.9 Å². The third-order valence-electron chi connectivity index (χ3n) is 19.0. The third kappa shape index (κ3) is 9.56. The molecule has 0 saturated heterocycles. The van der Waals surface area contributed by atoms with Crippen molar-refractivity contribution in [2.45, 2.75) is 6.92 Å². The van der Waals surface area contributed by atoms with Gasteiger partial charge >= 0.3 is 0 Å². The van der Waals surface area contributed by atoms with Crippen molar-refractivity contribution in [3.05, 3.63) is 352 Å². The molecular weight excluding hydrogens is 1130 g/mol. The number of hydrogen-bond donors (Lipinski definition) is 0. The Hall–Kier alpha value is -12.2. The Kier molecular flexibility index (Phi) is 14.0. The number of benzene rings is 18. The molecular formula is C93H62O. The molecule has 0 bridgehead atoms. The lowest BCUT2D eigenvalue weighted by atomic mass is 9.83. The van der Waals surface area contributed by atoms with Gasteiger partial charge in [0.25, 0.3) is 0 Å². The summed E-state index contributed by atoms with van der Waals surface area (Å²) in [5.41, 5.74) is 19.1. The molecule has 18 aromatic carbocycles. The number of fused-ring (bicyclic) bond motifs is 8. The van der Waals surface area contributed by atoms with Gasteiger partial charge in [-0.05, 0) is 196 Å². The van der Waals surface area contributed by atoms with E-state index in [1.807, 2.05) is 13.0 Å². The van der Waals surface area contributed by atoms with Gasteiger partial charge in [-0.3, -0.25) is 0 Å². The molecule has 1 heterocycles. The second kappa shape index (κ2) is 23.6. The molecule has 1 aromatic heterocycles. The molecule has 1 nitrogen and oxygen atoms in total. The van der Waals surface area contributed by atoms with Crippen LogP contribution in [0.3, 0.4) is 0 Å². The maximum Gasteiger partial charge on any atom is 0.143 e. The van der Waals surface area contributed by atoms with Crippen molar-refractivity contribution >= 4 is 108 Å². The average Bonchev–Trinajstić information content (AvgIpc) is 1.04. The molecule has 19 rings (SSSR count). The van der Waals surface area contributed by atoms with Crippen LogP contribution in [-0.4, -0.2) is 0 Å². The van der Waals surface area contributed by atoms with Crippen LogP contribution in [0.25, 0.3) is 186 Å². The lowest BCUT2D eigenvalue weighted by Crippen LogP contribution is -1.93. The number of rotatable bonds is 7. The Balaban J connectivity index is 0.000000138. The van der Waals surface area contributed by atoms with E-state index in [1.54, 1.807) is 6.08 Å². The molecule has 0 amide bonds. The molecule has 440 valence electrons. The third-order valence-corrected chi connectivity index (χ3v) is 19.0. The van der Waals surface area contributed by atoms with Crippen molar-refractivity contribution in [1.82, 2.24) is 0 Å². The Morgan fingerprint density at radius 3 is 1.14 bits per heavy atom. The molecule has 19 aromatic rings. The van der Waals surface area contributed by atoms with E-state index in [2.05, 4.69) is 340 Å². The summed E-state index contributed by atoms with van der Waals surface area (Å²) in [7, 11) is 0. The zero-order valence-corrected chi connectivity index (χ0v) is 52.0. The summed E-state index contributed by atoms with van der Waals surface area (Å²) in [6, 6.07) is 124. The van der Waals surface area contributed by atoms with Crippen LogP contribution < -0.4 is 0 Å². The van der Waals surface area contributed by atoms with Gasteiger partial charge in [0.05, 0.1) is 0 Å². The maximum atomic E-state index is 6.55. The molecule has 0 N–H and O–H groups in total. The summed E-state index contributed by atoms with van der Waals surface area (Å²) in [5.74, 6) is 0. The van der Waals surface area contributed by atoms with Gasteiger partial charge in [-0.25, -0.2) is 0 Å². The highest BCUT2D eigenvalue weighted by Crippen LogP contribution is 2.49. The van der Waals surface area contributed by atoms with E-state index in [0.717, 1.165) is 27.5 Å². The quantitative estimate of drug-likeness (QED) is 0.0881. The van der Waals surface area contributed by atoms with Crippen molar-refractivity contribution in [2.75, 3.05) is 0 Å². The smallest absolute Gasteiger partial charge is 0.143 e. The number of para-hydroxylation sites is 2. The molecule has 0 saturated carbocycles. The fraction of sp³-hybridized carbons (Fsp3) is 0.0108. The van der Waals surface area contributed by atoms with E-state index >= 15 is 0 Å². The fourth-order valence-corrected chi connectivity index (χ4v) is 15.0. The van der Waals surface area contributed by atoms with Gasteiger partial charge < -0.3 is 4.42 Å². The van der Waals surface area contributed by atoms with Gasteiger partial charge in [-0.15, -0.1) is 6.58 Å². The lowest BCUT2D eigenvalue weighted by Gasteiger charge is -2.20. The molecule has 0 atom stereocenters. The normalized spacial score (nSPS) is 11.5. The van der Waals surface area contributed by atoms with Crippen molar-refractivity contribution < 1.29 is 4.42 Å². The maximum absolute atomic E-state index is 6.55. The van der Waals surface area contributed by atoms with Gasteiger partial charge in [0.15, 0.2) is 0 Å². The molecule has 0 fully saturated rings. The van der Waals surface area contributed by atoms with Crippen LogP contribution in [0.4, 0.5) is 0 Å². The highest BCUT2D eigenvalue weighted by molar-refractivity contribution is 6.27. The van der Waals surface area contributed by atoms with Gasteiger partial charge in [0.2, 0.25) is 0 Å². The van der Waals surface area contributed by atoms with Crippen LogP contribution in [0, 0.1) is 0 Å². The highest BCUT2D eigenvalue weighted by Gasteiger charge is 2.23. The number of allylic oxidation sites excluding steroid dienone is 1. The molecule has 1 heteroatoms. The molecule has 0 spiro atoms. The van der Waals surface area contributed by atoms with Crippen LogP contribution in [0.5, 0.6) is 0 Å². The average molecular weight is 1200 g/mol. The summed E-state index contributed by atoms with van der Waals surface area (Å²) >= 11 is 0. The first-order valence-corrected chi connectivity index (χ1v) is 32.4. The largest absolute Gasteiger partial charge is 0.455 e. The second-order valence-electron chi connectivity index (χ2n) is 24.5. The van der Waals surface area contributed by atoms with E-state index < -0.39 is 0 Å². The second-order valence-corrected chi connectivity index (χ2v) is 24.5. The van der Waals surface area contributed by atoms with E-state index in [-0.39, 0.29) is 0 Å². The van der Waals surface area contributed by atoms with Gasteiger partial charge in [-0.2, -0.15) is 0 Å². The molecule has 0 unspecified atom stereocenters. The summed E-state index contributed by atoms with van der Waals surface area (Å²) < 4.78 is 6.55. The minimum Gasteiger partial charge on any atom is -0.455 e.